The highest BCUT2D eigenvalue weighted by Crippen LogP contribution is 2.58. The fourth-order valence-corrected chi connectivity index (χ4v) is 4.88. The Labute approximate surface area is 142 Å². The van der Waals surface area contributed by atoms with Gasteiger partial charge in [-0.1, -0.05) is 18.5 Å². The van der Waals surface area contributed by atoms with Gasteiger partial charge in [-0.3, -0.25) is 4.79 Å². The number of carbonyl (C=O) groups is 1. The molecule has 0 spiro atoms. The monoisotopic (exact) mass is 331 g/mol. The van der Waals surface area contributed by atoms with E-state index in [1.807, 2.05) is 19.1 Å². The van der Waals surface area contributed by atoms with Crippen LogP contribution in [0.3, 0.4) is 0 Å². The van der Waals surface area contributed by atoms with E-state index in [4.69, 9.17) is 9.57 Å². The van der Waals surface area contributed by atoms with Gasteiger partial charge in [0, 0.05) is 5.56 Å². The minimum absolute atomic E-state index is 0.0504. The van der Waals surface area contributed by atoms with Gasteiger partial charge in [0.2, 0.25) is 0 Å². The second-order valence-corrected chi connectivity index (χ2v) is 7.39. The summed E-state index contributed by atoms with van der Waals surface area (Å²) in [5.41, 5.74) is 2.10. The van der Waals surface area contributed by atoms with Gasteiger partial charge in [-0.2, -0.15) is 0 Å². The summed E-state index contributed by atoms with van der Waals surface area (Å²) in [6, 6.07) is 5.39. The Kier molecular flexibility index (Phi) is 4.06. The van der Waals surface area contributed by atoms with E-state index in [2.05, 4.69) is 12.1 Å². The highest BCUT2D eigenvalue weighted by molar-refractivity contribution is 6.04. The fraction of sp³-hybridized carbons (Fsp3) is 0.579. The molecule has 0 unspecified atom stereocenters. The van der Waals surface area contributed by atoms with Gasteiger partial charge in [0.25, 0.3) is 0 Å². The zero-order chi connectivity index (χ0) is 17.5. The van der Waals surface area contributed by atoms with Crippen LogP contribution in [0.15, 0.2) is 23.4 Å². The van der Waals surface area contributed by atoms with Crippen molar-refractivity contribution in [3.05, 3.63) is 29.3 Å². The summed E-state index contributed by atoms with van der Waals surface area (Å²) in [4.78, 5) is 17.6. The van der Waals surface area contributed by atoms with Crippen LogP contribution in [0.4, 0.5) is 0 Å². The summed E-state index contributed by atoms with van der Waals surface area (Å²) in [5.74, 6) is 0.117. The molecule has 5 nitrogen and oxygen atoms in total. The number of hydrogen-bond donors (Lipinski definition) is 1. The standard InChI is InChI=1S/C19H25NO4/c1-18-8-5-9-19(2,17(22)23-3)16(18)11-15(20-24-4)13-7-6-12(21)10-14(13)18/h6-7,10,16,21H,5,8-9,11H2,1-4H3/t16-,18-,19+/m1/s1. The molecule has 5 heteroatoms. The lowest BCUT2D eigenvalue weighted by molar-refractivity contribution is -0.160. The first kappa shape index (κ1) is 16.8. The molecule has 2 aliphatic carbocycles. The Hall–Kier alpha value is -2.04. The van der Waals surface area contributed by atoms with E-state index in [0.29, 0.717) is 6.42 Å². The Morgan fingerprint density at radius 2 is 2.04 bits per heavy atom. The number of ether oxygens (including phenoxy) is 1. The van der Waals surface area contributed by atoms with Gasteiger partial charge in [-0.25, -0.2) is 0 Å². The van der Waals surface area contributed by atoms with E-state index in [1.54, 1.807) is 6.07 Å². The molecular weight excluding hydrogens is 306 g/mol. The molecule has 0 radical (unpaired) electrons. The first-order valence-corrected chi connectivity index (χ1v) is 8.39. The van der Waals surface area contributed by atoms with E-state index in [9.17, 15) is 9.90 Å². The number of phenolic OH excluding ortho intramolecular Hbond substituents is 1. The summed E-state index contributed by atoms with van der Waals surface area (Å²) >= 11 is 0. The lowest BCUT2D eigenvalue weighted by Gasteiger charge is -2.53. The minimum Gasteiger partial charge on any atom is -0.508 e. The molecular formula is C19H25NO4. The lowest BCUT2D eigenvalue weighted by atomic mass is 9.49. The molecule has 1 fully saturated rings. The predicted octanol–water partition coefficient (Wildman–Crippen LogP) is 3.38. The van der Waals surface area contributed by atoms with Crippen molar-refractivity contribution in [1.29, 1.82) is 0 Å². The van der Waals surface area contributed by atoms with Crippen LogP contribution in [0.2, 0.25) is 0 Å². The van der Waals surface area contributed by atoms with Crippen LogP contribution < -0.4 is 0 Å². The van der Waals surface area contributed by atoms with Crippen molar-refractivity contribution in [2.75, 3.05) is 14.2 Å². The number of methoxy groups -OCH3 is 1. The first-order chi connectivity index (χ1) is 11.4. The normalized spacial score (nSPS) is 33.5. The molecule has 1 N–H and O–H groups in total. The topological polar surface area (TPSA) is 68.1 Å². The van der Waals surface area contributed by atoms with Gasteiger partial charge in [0.1, 0.15) is 12.9 Å². The molecule has 0 amide bonds. The van der Waals surface area contributed by atoms with Crippen LogP contribution in [0.5, 0.6) is 5.75 Å². The third kappa shape index (κ3) is 2.29. The Morgan fingerprint density at radius 1 is 1.29 bits per heavy atom. The molecule has 1 aromatic rings. The largest absolute Gasteiger partial charge is 0.508 e. The number of rotatable bonds is 2. The molecule has 0 aliphatic heterocycles. The van der Waals surface area contributed by atoms with Crippen molar-refractivity contribution in [3.63, 3.8) is 0 Å². The smallest absolute Gasteiger partial charge is 0.311 e. The SMILES string of the molecule is CON=C1C[C@H]2[C@@](C)(C(=O)OC)CCC[C@]2(C)c2cc(O)ccc21. The van der Waals surface area contributed by atoms with Crippen LogP contribution in [0, 0.1) is 11.3 Å². The second-order valence-electron chi connectivity index (χ2n) is 7.39. The maximum atomic E-state index is 12.6. The predicted molar refractivity (Wildman–Crippen MR) is 91.1 cm³/mol. The summed E-state index contributed by atoms with van der Waals surface area (Å²) in [5, 5.41) is 14.2. The fourth-order valence-electron chi connectivity index (χ4n) is 4.88. The molecule has 1 saturated carbocycles. The number of nitrogens with zero attached hydrogens (tertiary/aromatic N) is 1. The van der Waals surface area contributed by atoms with Crippen LogP contribution in [0.25, 0.3) is 0 Å². The molecule has 0 aromatic heterocycles. The molecule has 24 heavy (non-hydrogen) atoms. The molecule has 0 heterocycles. The molecule has 0 saturated heterocycles. The molecule has 3 atom stereocenters. The summed E-state index contributed by atoms with van der Waals surface area (Å²) < 4.78 is 5.13. The van der Waals surface area contributed by atoms with Crippen LogP contribution in [-0.4, -0.2) is 31.0 Å². The highest BCUT2D eigenvalue weighted by atomic mass is 16.6. The number of esters is 1. The third-order valence-electron chi connectivity index (χ3n) is 6.11. The van der Waals surface area contributed by atoms with Crippen molar-refractivity contribution in [2.24, 2.45) is 16.5 Å². The third-order valence-corrected chi connectivity index (χ3v) is 6.11. The average Bonchev–Trinajstić information content (AvgIpc) is 2.56. The van der Waals surface area contributed by atoms with Gasteiger partial charge in [-0.05, 0) is 61.3 Å². The molecule has 2 aliphatic rings. The first-order valence-electron chi connectivity index (χ1n) is 8.39. The van der Waals surface area contributed by atoms with E-state index in [-0.39, 0.29) is 23.1 Å². The van der Waals surface area contributed by atoms with E-state index >= 15 is 0 Å². The Morgan fingerprint density at radius 3 is 2.71 bits per heavy atom. The summed E-state index contributed by atoms with van der Waals surface area (Å²) in [7, 11) is 2.98. The molecule has 130 valence electrons. The Balaban J connectivity index is 2.21. The van der Waals surface area contributed by atoms with Gasteiger partial charge < -0.3 is 14.7 Å². The van der Waals surface area contributed by atoms with Crippen molar-refractivity contribution in [2.45, 2.75) is 44.9 Å². The van der Waals surface area contributed by atoms with Gasteiger partial charge in [0.15, 0.2) is 0 Å². The zero-order valence-electron chi connectivity index (χ0n) is 14.8. The number of oxime groups is 1. The maximum Gasteiger partial charge on any atom is 0.311 e. The van der Waals surface area contributed by atoms with Gasteiger partial charge in [0.05, 0.1) is 18.2 Å². The average molecular weight is 331 g/mol. The van der Waals surface area contributed by atoms with E-state index in [0.717, 1.165) is 36.1 Å². The lowest BCUT2D eigenvalue weighted by Crippen LogP contribution is -2.53. The van der Waals surface area contributed by atoms with Crippen LogP contribution in [0.1, 0.15) is 50.7 Å². The number of aromatic hydroxyl groups is 1. The highest BCUT2D eigenvalue weighted by Gasteiger charge is 2.57. The molecule has 0 bridgehead atoms. The van der Waals surface area contributed by atoms with Gasteiger partial charge >= 0.3 is 5.97 Å². The van der Waals surface area contributed by atoms with Crippen molar-refractivity contribution >= 4 is 11.7 Å². The van der Waals surface area contributed by atoms with Crippen LogP contribution >= 0.6 is 0 Å². The number of phenols is 1. The molecule has 1 aromatic carbocycles. The number of fused-ring (bicyclic) bond motifs is 3. The zero-order valence-corrected chi connectivity index (χ0v) is 14.8. The maximum absolute atomic E-state index is 12.6. The number of carbonyl (C=O) groups excluding carboxylic acids is 1. The van der Waals surface area contributed by atoms with E-state index in [1.165, 1.54) is 14.2 Å². The van der Waals surface area contributed by atoms with Crippen molar-refractivity contribution < 1.29 is 19.5 Å². The van der Waals surface area contributed by atoms with Crippen LogP contribution in [-0.2, 0) is 19.8 Å². The van der Waals surface area contributed by atoms with Crippen molar-refractivity contribution in [3.8, 4) is 5.75 Å². The van der Waals surface area contributed by atoms with Crippen molar-refractivity contribution in [1.82, 2.24) is 0 Å². The second kappa shape index (κ2) is 5.80. The summed E-state index contributed by atoms with van der Waals surface area (Å²) in [6.07, 6.45) is 3.38. The summed E-state index contributed by atoms with van der Waals surface area (Å²) in [6.45, 7) is 4.19. The minimum atomic E-state index is -0.570. The van der Waals surface area contributed by atoms with E-state index < -0.39 is 5.41 Å². The Bertz CT molecular complexity index is 699. The number of benzene rings is 1. The quantitative estimate of drug-likeness (QED) is 0.666. The molecule has 3 rings (SSSR count). The number of hydrogen-bond acceptors (Lipinski definition) is 5. The van der Waals surface area contributed by atoms with Gasteiger partial charge in [-0.15, -0.1) is 0 Å².